The van der Waals surface area contributed by atoms with E-state index in [1.807, 2.05) is 0 Å². The number of carbonyl (C=O) groups is 1. The Morgan fingerprint density at radius 1 is 1.20 bits per heavy atom. The van der Waals surface area contributed by atoms with Crippen LogP contribution >= 0.6 is 11.6 Å². The molecule has 0 spiro atoms. The second-order valence-corrected chi connectivity index (χ2v) is 7.50. The molecule has 0 heterocycles. The Bertz CT molecular complexity index is 839. The number of hydrogen-bond donors (Lipinski definition) is 0. The molecule has 0 aromatic heterocycles. The van der Waals surface area contributed by atoms with Crippen LogP contribution in [-0.2, 0) is 21.4 Å². The lowest BCUT2D eigenvalue weighted by molar-refractivity contribution is -0.305. The fraction of sp³-hybridized carbons (Fsp3) is 0.235. The molecular formula is C17H17ClNO5S-. The quantitative estimate of drug-likeness (QED) is 0.693. The molecule has 0 bridgehead atoms. The van der Waals surface area contributed by atoms with Crippen molar-refractivity contribution in [1.82, 2.24) is 4.31 Å². The topological polar surface area (TPSA) is 86.7 Å². The average molecular weight is 383 g/mol. The summed E-state index contributed by atoms with van der Waals surface area (Å²) in [6, 6.07) is 12.7. The van der Waals surface area contributed by atoms with Gasteiger partial charge >= 0.3 is 0 Å². The number of halogens is 1. The summed E-state index contributed by atoms with van der Waals surface area (Å²) < 4.78 is 31.8. The lowest BCUT2D eigenvalue weighted by atomic mass is 10.2. The first-order valence-corrected chi connectivity index (χ1v) is 9.32. The molecule has 0 fully saturated rings. The van der Waals surface area contributed by atoms with Crippen LogP contribution < -0.4 is 9.84 Å². The van der Waals surface area contributed by atoms with E-state index in [1.165, 1.54) is 18.2 Å². The van der Waals surface area contributed by atoms with Crippen LogP contribution in [0.4, 0.5) is 0 Å². The monoisotopic (exact) mass is 382 g/mol. The summed E-state index contributed by atoms with van der Waals surface area (Å²) in [5.41, 5.74) is 0.657. The zero-order chi connectivity index (χ0) is 18.4. The van der Waals surface area contributed by atoms with E-state index < -0.39 is 22.5 Å². The maximum absolute atomic E-state index is 12.8. The van der Waals surface area contributed by atoms with Crippen LogP contribution in [0.1, 0.15) is 12.5 Å². The summed E-state index contributed by atoms with van der Waals surface area (Å²) in [5, 5.41) is 11.2. The van der Waals surface area contributed by atoms with Crippen molar-refractivity contribution in [2.45, 2.75) is 18.4 Å². The Morgan fingerprint density at radius 2 is 1.88 bits per heavy atom. The minimum absolute atomic E-state index is 0.0953. The molecule has 25 heavy (non-hydrogen) atoms. The lowest BCUT2D eigenvalue weighted by Gasteiger charge is -2.23. The highest BCUT2D eigenvalue weighted by Gasteiger charge is 2.25. The standard InChI is InChI=1S/C17H18ClNO5S/c1-2-24-16-9-8-14(10-15(16)18)25(22,23)19(12-17(20)21)11-13-6-4-3-5-7-13/h3-10H,2,11-12H2,1H3,(H,20,21)/p-1. The highest BCUT2D eigenvalue weighted by atomic mass is 35.5. The molecule has 2 aromatic rings. The van der Waals surface area contributed by atoms with Gasteiger partial charge in [0.25, 0.3) is 0 Å². The third kappa shape index (κ3) is 4.94. The molecule has 0 amide bonds. The van der Waals surface area contributed by atoms with Gasteiger partial charge in [0.1, 0.15) is 5.75 Å². The molecule has 0 radical (unpaired) electrons. The maximum atomic E-state index is 12.8. The van der Waals surface area contributed by atoms with Gasteiger partial charge in [-0.2, -0.15) is 4.31 Å². The van der Waals surface area contributed by atoms with E-state index in [1.54, 1.807) is 37.3 Å². The molecule has 0 saturated carbocycles. The van der Waals surface area contributed by atoms with Gasteiger partial charge in [0.05, 0.1) is 29.0 Å². The maximum Gasteiger partial charge on any atom is 0.243 e. The largest absolute Gasteiger partial charge is 0.549 e. The van der Waals surface area contributed by atoms with Crippen LogP contribution in [0.25, 0.3) is 0 Å². The Kier molecular flexibility index (Phi) is 6.41. The summed E-state index contributed by atoms with van der Waals surface area (Å²) in [5.74, 6) is -1.13. The number of nitrogens with zero attached hydrogens (tertiary/aromatic N) is 1. The smallest absolute Gasteiger partial charge is 0.243 e. The van der Waals surface area contributed by atoms with E-state index in [2.05, 4.69) is 0 Å². The van der Waals surface area contributed by atoms with Crippen LogP contribution in [0, 0.1) is 0 Å². The van der Waals surface area contributed by atoms with Crippen LogP contribution in [0.3, 0.4) is 0 Å². The van der Waals surface area contributed by atoms with Crippen molar-refractivity contribution in [1.29, 1.82) is 0 Å². The zero-order valence-corrected chi connectivity index (χ0v) is 15.1. The lowest BCUT2D eigenvalue weighted by Crippen LogP contribution is -2.41. The van der Waals surface area contributed by atoms with Gasteiger partial charge < -0.3 is 14.6 Å². The van der Waals surface area contributed by atoms with Crippen molar-refractivity contribution in [2.24, 2.45) is 0 Å². The molecule has 134 valence electrons. The van der Waals surface area contributed by atoms with Crippen LogP contribution in [0.5, 0.6) is 5.75 Å². The van der Waals surface area contributed by atoms with Gasteiger partial charge in [-0.25, -0.2) is 8.42 Å². The molecule has 0 aliphatic heterocycles. The number of benzene rings is 2. The predicted octanol–water partition coefficient (Wildman–Crippen LogP) is 1.68. The molecule has 0 saturated heterocycles. The van der Waals surface area contributed by atoms with Gasteiger partial charge in [-0.15, -0.1) is 0 Å². The van der Waals surface area contributed by atoms with Crippen LogP contribution in [0.2, 0.25) is 5.02 Å². The number of rotatable bonds is 8. The van der Waals surface area contributed by atoms with Crippen molar-refractivity contribution in [3.05, 3.63) is 59.1 Å². The highest BCUT2D eigenvalue weighted by Crippen LogP contribution is 2.29. The van der Waals surface area contributed by atoms with Gasteiger partial charge in [0, 0.05) is 6.54 Å². The van der Waals surface area contributed by atoms with Gasteiger partial charge in [-0.3, -0.25) is 0 Å². The van der Waals surface area contributed by atoms with Gasteiger partial charge in [-0.1, -0.05) is 41.9 Å². The second-order valence-electron chi connectivity index (χ2n) is 5.16. The Hall–Kier alpha value is -2.09. The molecule has 2 rings (SSSR count). The van der Waals surface area contributed by atoms with Gasteiger partial charge in [0.15, 0.2) is 0 Å². The van der Waals surface area contributed by atoms with Crippen molar-refractivity contribution >= 4 is 27.6 Å². The molecule has 0 atom stereocenters. The Labute approximate surface area is 151 Å². The summed E-state index contributed by atoms with van der Waals surface area (Å²) in [6.45, 7) is 1.31. The molecule has 8 heteroatoms. The molecule has 0 unspecified atom stereocenters. The number of carboxylic acids is 1. The number of aliphatic carboxylic acids is 1. The molecule has 2 aromatic carbocycles. The van der Waals surface area contributed by atoms with E-state index in [9.17, 15) is 18.3 Å². The molecule has 6 nitrogen and oxygen atoms in total. The van der Waals surface area contributed by atoms with Crippen molar-refractivity contribution in [3.63, 3.8) is 0 Å². The average Bonchev–Trinajstić information content (AvgIpc) is 2.56. The van der Waals surface area contributed by atoms with Crippen molar-refractivity contribution in [2.75, 3.05) is 13.2 Å². The minimum Gasteiger partial charge on any atom is -0.549 e. The SMILES string of the molecule is CCOc1ccc(S(=O)(=O)N(CC(=O)[O-])Cc2ccccc2)cc1Cl. The van der Waals surface area contributed by atoms with Gasteiger partial charge in [-0.05, 0) is 30.7 Å². The number of hydrogen-bond acceptors (Lipinski definition) is 5. The first-order valence-electron chi connectivity index (χ1n) is 7.51. The molecule has 0 aliphatic rings. The summed E-state index contributed by atoms with van der Waals surface area (Å²) in [7, 11) is -4.08. The normalized spacial score (nSPS) is 11.5. The predicted molar refractivity (Wildman–Crippen MR) is 91.7 cm³/mol. The van der Waals surface area contributed by atoms with Crippen molar-refractivity contribution in [3.8, 4) is 5.75 Å². The Balaban J connectivity index is 2.37. The van der Waals surface area contributed by atoms with Crippen LogP contribution in [0.15, 0.2) is 53.4 Å². The first kappa shape index (κ1) is 19.2. The van der Waals surface area contributed by atoms with E-state index in [-0.39, 0.29) is 16.5 Å². The third-order valence-corrected chi connectivity index (χ3v) is 5.43. The fourth-order valence-corrected chi connectivity index (χ4v) is 3.92. The summed E-state index contributed by atoms with van der Waals surface area (Å²) >= 11 is 6.05. The van der Waals surface area contributed by atoms with E-state index in [4.69, 9.17) is 16.3 Å². The van der Waals surface area contributed by atoms with E-state index in [0.717, 1.165) is 4.31 Å². The van der Waals surface area contributed by atoms with E-state index in [0.29, 0.717) is 17.9 Å². The number of carbonyl (C=O) groups excluding carboxylic acids is 1. The summed E-state index contributed by atoms with van der Waals surface area (Å²) in [6.07, 6.45) is 0. The zero-order valence-electron chi connectivity index (χ0n) is 13.5. The third-order valence-electron chi connectivity index (χ3n) is 3.35. The number of ether oxygens (including phenoxy) is 1. The highest BCUT2D eigenvalue weighted by molar-refractivity contribution is 7.89. The van der Waals surface area contributed by atoms with Gasteiger partial charge in [0.2, 0.25) is 10.0 Å². The number of sulfonamides is 1. The Morgan fingerprint density at radius 3 is 2.44 bits per heavy atom. The summed E-state index contributed by atoms with van der Waals surface area (Å²) in [4.78, 5) is 10.9. The first-order chi connectivity index (χ1) is 11.8. The molecule has 0 N–H and O–H groups in total. The minimum atomic E-state index is -4.08. The van der Waals surface area contributed by atoms with E-state index >= 15 is 0 Å². The number of carboxylic acid groups (broad SMARTS) is 1. The molecule has 0 aliphatic carbocycles. The second kappa shape index (κ2) is 8.33. The van der Waals surface area contributed by atoms with Crippen molar-refractivity contribution < 1.29 is 23.1 Å². The molecular weight excluding hydrogens is 366 g/mol. The fourth-order valence-electron chi connectivity index (χ4n) is 2.22. The van der Waals surface area contributed by atoms with Crippen LogP contribution in [-0.4, -0.2) is 31.8 Å².